The first-order chi connectivity index (χ1) is 7.02. The Morgan fingerprint density at radius 1 is 1.07 bits per heavy atom. The third-order valence-corrected chi connectivity index (χ3v) is 3.61. The Labute approximate surface area is 93.7 Å². The fourth-order valence-corrected chi connectivity index (χ4v) is 2.35. The summed E-state index contributed by atoms with van der Waals surface area (Å²) in [6.45, 7) is 11.8. The van der Waals surface area contributed by atoms with Crippen LogP contribution in [0.25, 0.3) is 0 Å². The average molecular weight is 205 g/mol. The van der Waals surface area contributed by atoms with Crippen LogP contribution in [0.15, 0.2) is 6.07 Å². The van der Waals surface area contributed by atoms with Gasteiger partial charge in [0.2, 0.25) is 0 Å². The van der Waals surface area contributed by atoms with Gasteiger partial charge in [-0.1, -0.05) is 13.0 Å². The minimum Gasteiger partial charge on any atom is -0.330 e. The molecule has 1 heteroatoms. The Bertz CT molecular complexity index is 323. The summed E-state index contributed by atoms with van der Waals surface area (Å²) in [5, 5.41) is 0. The SMILES string of the molecule is CCC(CN)c1c(C)c(C)cc(C)c1C. The lowest BCUT2D eigenvalue weighted by atomic mass is 9.85. The molecule has 0 aliphatic carbocycles. The van der Waals surface area contributed by atoms with Crippen LogP contribution in [0.3, 0.4) is 0 Å². The molecule has 0 aromatic heterocycles. The summed E-state index contributed by atoms with van der Waals surface area (Å²) in [4.78, 5) is 0. The monoisotopic (exact) mass is 205 g/mol. The lowest BCUT2D eigenvalue weighted by Gasteiger charge is -2.21. The maximum atomic E-state index is 5.85. The van der Waals surface area contributed by atoms with Crippen molar-refractivity contribution in [1.29, 1.82) is 0 Å². The van der Waals surface area contributed by atoms with E-state index in [1.54, 1.807) is 0 Å². The Kier molecular flexibility index (Phi) is 3.92. The van der Waals surface area contributed by atoms with Gasteiger partial charge in [-0.15, -0.1) is 0 Å². The number of rotatable bonds is 3. The van der Waals surface area contributed by atoms with Crippen LogP contribution in [-0.4, -0.2) is 6.54 Å². The largest absolute Gasteiger partial charge is 0.330 e. The van der Waals surface area contributed by atoms with Gasteiger partial charge in [0.05, 0.1) is 0 Å². The Morgan fingerprint density at radius 3 is 1.87 bits per heavy atom. The smallest absolute Gasteiger partial charge is 0.000813 e. The summed E-state index contributed by atoms with van der Waals surface area (Å²) in [7, 11) is 0. The normalized spacial score (nSPS) is 12.9. The van der Waals surface area contributed by atoms with Crippen molar-refractivity contribution in [3.63, 3.8) is 0 Å². The molecule has 0 spiro atoms. The van der Waals surface area contributed by atoms with E-state index in [0.717, 1.165) is 13.0 Å². The highest BCUT2D eigenvalue weighted by Gasteiger charge is 2.15. The molecule has 0 bridgehead atoms. The van der Waals surface area contributed by atoms with E-state index in [2.05, 4.69) is 40.7 Å². The Hall–Kier alpha value is -0.820. The molecule has 2 N–H and O–H groups in total. The van der Waals surface area contributed by atoms with Gasteiger partial charge >= 0.3 is 0 Å². The third-order valence-electron chi connectivity index (χ3n) is 3.61. The highest BCUT2D eigenvalue weighted by Crippen LogP contribution is 2.29. The van der Waals surface area contributed by atoms with E-state index in [1.807, 2.05) is 0 Å². The quantitative estimate of drug-likeness (QED) is 0.804. The van der Waals surface area contributed by atoms with Crippen molar-refractivity contribution in [2.45, 2.75) is 47.0 Å². The van der Waals surface area contributed by atoms with Gasteiger partial charge in [0.15, 0.2) is 0 Å². The maximum absolute atomic E-state index is 5.85. The van der Waals surface area contributed by atoms with Crippen molar-refractivity contribution in [3.8, 4) is 0 Å². The van der Waals surface area contributed by atoms with Crippen molar-refractivity contribution in [2.75, 3.05) is 6.54 Å². The third kappa shape index (κ3) is 2.23. The number of hydrogen-bond donors (Lipinski definition) is 1. The molecule has 0 saturated heterocycles. The first-order valence-electron chi connectivity index (χ1n) is 5.80. The van der Waals surface area contributed by atoms with Crippen molar-refractivity contribution in [1.82, 2.24) is 0 Å². The van der Waals surface area contributed by atoms with Crippen molar-refractivity contribution in [2.24, 2.45) is 5.73 Å². The second-order valence-electron chi connectivity index (χ2n) is 4.51. The summed E-state index contributed by atoms with van der Waals surface area (Å²) >= 11 is 0. The molecule has 1 atom stereocenters. The predicted octanol–water partition coefficient (Wildman–Crippen LogP) is 3.37. The van der Waals surface area contributed by atoms with Gasteiger partial charge in [0, 0.05) is 0 Å². The van der Waals surface area contributed by atoms with E-state index in [0.29, 0.717) is 5.92 Å². The zero-order valence-electron chi connectivity index (χ0n) is 10.6. The summed E-state index contributed by atoms with van der Waals surface area (Å²) in [6.07, 6.45) is 1.13. The maximum Gasteiger partial charge on any atom is -0.000813 e. The Balaban J connectivity index is 3.37. The molecule has 1 nitrogen and oxygen atoms in total. The highest BCUT2D eigenvalue weighted by molar-refractivity contribution is 5.46. The fraction of sp³-hybridized carbons (Fsp3) is 0.571. The van der Waals surface area contributed by atoms with Crippen LogP contribution in [0.1, 0.15) is 47.1 Å². The first-order valence-corrected chi connectivity index (χ1v) is 5.80. The van der Waals surface area contributed by atoms with E-state index < -0.39 is 0 Å². The zero-order chi connectivity index (χ0) is 11.6. The molecule has 1 unspecified atom stereocenters. The highest BCUT2D eigenvalue weighted by atomic mass is 14.5. The molecule has 84 valence electrons. The number of nitrogens with two attached hydrogens (primary N) is 1. The van der Waals surface area contributed by atoms with Gasteiger partial charge in [-0.3, -0.25) is 0 Å². The molecule has 0 aliphatic heterocycles. The van der Waals surface area contributed by atoms with Crippen LogP contribution < -0.4 is 5.73 Å². The molecule has 0 fully saturated rings. The van der Waals surface area contributed by atoms with Crippen LogP contribution in [0.5, 0.6) is 0 Å². The molecule has 1 aromatic rings. The summed E-state index contributed by atoms with van der Waals surface area (Å²) in [5.74, 6) is 0.517. The minimum absolute atomic E-state index is 0.517. The van der Waals surface area contributed by atoms with Gasteiger partial charge in [-0.25, -0.2) is 0 Å². The molecule has 0 amide bonds. The zero-order valence-corrected chi connectivity index (χ0v) is 10.6. The van der Waals surface area contributed by atoms with Gasteiger partial charge in [0.1, 0.15) is 0 Å². The lowest BCUT2D eigenvalue weighted by Crippen LogP contribution is -2.15. The van der Waals surface area contributed by atoms with Crippen molar-refractivity contribution < 1.29 is 0 Å². The molecule has 0 heterocycles. The number of benzene rings is 1. The predicted molar refractivity (Wildman–Crippen MR) is 67.5 cm³/mol. The minimum atomic E-state index is 0.517. The number of hydrogen-bond acceptors (Lipinski definition) is 1. The van der Waals surface area contributed by atoms with Crippen molar-refractivity contribution in [3.05, 3.63) is 33.9 Å². The van der Waals surface area contributed by atoms with Gasteiger partial charge in [-0.2, -0.15) is 0 Å². The van der Waals surface area contributed by atoms with Gasteiger partial charge < -0.3 is 5.73 Å². The summed E-state index contributed by atoms with van der Waals surface area (Å²) in [6, 6.07) is 2.28. The molecule has 15 heavy (non-hydrogen) atoms. The molecule has 1 rings (SSSR count). The van der Waals surface area contributed by atoms with E-state index in [9.17, 15) is 0 Å². The molecule has 0 aliphatic rings. The number of aryl methyl sites for hydroxylation is 2. The summed E-state index contributed by atoms with van der Waals surface area (Å²) in [5.41, 5.74) is 13.0. The van der Waals surface area contributed by atoms with Crippen LogP contribution in [-0.2, 0) is 0 Å². The Morgan fingerprint density at radius 2 is 1.53 bits per heavy atom. The van der Waals surface area contributed by atoms with Gasteiger partial charge in [0.25, 0.3) is 0 Å². The van der Waals surface area contributed by atoms with E-state index in [-0.39, 0.29) is 0 Å². The van der Waals surface area contributed by atoms with E-state index >= 15 is 0 Å². The van der Waals surface area contributed by atoms with Gasteiger partial charge in [-0.05, 0) is 74.4 Å². The first kappa shape index (κ1) is 12.3. The molecule has 0 saturated carbocycles. The van der Waals surface area contributed by atoms with Crippen LogP contribution >= 0.6 is 0 Å². The topological polar surface area (TPSA) is 26.0 Å². The average Bonchev–Trinajstić information content (AvgIpc) is 2.21. The fourth-order valence-electron chi connectivity index (χ4n) is 2.35. The summed E-state index contributed by atoms with van der Waals surface area (Å²) < 4.78 is 0. The van der Waals surface area contributed by atoms with Crippen LogP contribution in [0.4, 0.5) is 0 Å². The van der Waals surface area contributed by atoms with E-state index in [4.69, 9.17) is 5.73 Å². The van der Waals surface area contributed by atoms with Crippen LogP contribution in [0.2, 0.25) is 0 Å². The molecular formula is C14H23N. The van der Waals surface area contributed by atoms with Crippen LogP contribution in [0, 0.1) is 27.7 Å². The standard InChI is InChI=1S/C14H23N/c1-6-13(8-15)14-11(4)9(2)7-10(3)12(14)5/h7,13H,6,8,15H2,1-5H3. The van der Waals surface area contributed by atoms with E-state index in [1.165, 1.54) is 27.8 Å². The second-order valence-corrected chi connectivity index (χ2v) is 4.51. The lowest BCUT2D eigenvalue weighted by molar-refractivity contribution is 0.664. The van der Waals surface area contributed by atoms with Crippen molar-refractivity contribution >= 4 is 0 Å². The molecule has 0 radical (unpaired) electrons. The molecule has 1 aromatic carbocycles. The molecular weight excluding hydrogens is 182 g/mol. The second kappa shape index (κ2) is 4.80.